The van der Waals surface area contributed by atoms with Crippen LogP contribution in [0.2, 0.25) is 0 Å². The third kappa shape index (κ3) is 2.45. The van der Waals surface area contributed by atoms with Gasteiger partial charge in [-0.25, -0.2) is 0 Å². The monoisotopic (exact) mass is 183 g/mol. The molecule has 1 aliphatic rings. The summed E-state index contributed by atoms with van der Waals surface area (Å²) in [7, 11) is 0. The van der Waals surface area contributed by atoms with Crippen molar-refractivity contribution >= 4 is 17.4 Å². The van der Waals surface area contributed by atoms with Crippen LogP contribution in [-0.2, 0) is 0 Å². The number of benzene rings is 1. The van der Waals surface area contributed by atoms with Gasteiger partial charge in [-0.3, -0.25) is 0 Å². The SMILES string of the molecule is C.CC.c1ccc2c(c1)NCS2. The van der Waals surface area contributed by atoms with Gasteiger partial charge in [0.15, 0.2) is 0 Å². The first-order valence-electron chi connectivity index (χ1n) is 3.92. The van der Waals surface area contributed by atoms with Crippen molar-refractivity contribution in [3.8, 4) is 0 Å². The fourth-order valence-corrected chi connectivity index (χ4v) is 1.78. The molecule has 2 heteroatoms. The van der Waals surface area contributed by atoms with Crippen LogP contribution in [0.25, 0.3) is 0 Å². The lowest BCUT2D eigenvalue weighted by Crippen LogP contribution is -1.86. The molecule has 0 bridgehead atoms. The first-order chi connectivity index (χ1) is 5.47. The van der Waals surface area contributed by atoms with Crippen molar-refractivity contribution in [2.75, 3.05) is 11.2 Å². The van der Waals surface area contributed by atoms with Crippen LogP contribution in [0, 0.1) is 0 Å². The van der Waals surface area contributed by atoms with Gasteiger partial charge in [0.25, 0.3) is 0 Å². The highest BCUT2D eigenvalue weighted by molar-refractivity contribution is 7.99. The summed E-state index contributed by atoms with van der Waals surface area (Å²) in [6.07, 6.45) is 0. The Balaban J connectivity index is 0.000000378. The summed E-state index contributed by atoms with van der Waals surface area (Å²) in [5.41, 5.74) is 1.28. The van der Waals surface area contributed by atoms with E-state index < -0.39 is 0 Å². The maximum atomic E-state index is 3.26. The van der Waals surface area contributed by atoms with E-state index in [0.717, 1.165) is 5.88 Å². The van der Waals surface area contributed by atoms with Crippen LogP contribution < -0.4 is 5.32 Å². The molecule has 1 aromatic carbocycles. The Morgan fingerprint density at radius 1 is 1.25 bits per heavy atom. The van der Waals surface area contributed by atoms with Crippen LogP contribution >= 0.6 is 11.8 Å². The number of hydrogen-bond acceptors (Lipinski definition) is 2. The van der Waals surface area contributed by atoms with E-state index in [-0.39, 0.29) is 7.43 Å². The first-order valence-corrected chi connectivity index (χ1v) is 4.91. The van der Waals surface area contributed by atoms with Gasteiger partial charge in [-0.2, -0.15) is 0 Å². The van der Waals surface area contributed by atoms with E-state index in [9.17, 15) is 0 Å². The number of hydrogen-bond donors (Lipinski definition) is 1. The van der Waals surface area contributed by atoms with Crippen LogP contribution in [0.15, 0.2) is 29.2 Å². The molecule has 0 unspecified atom stereocenters. The minimum Gasteiger partial charge on any atom is -0.375 e. The molecule has 0 saturated carbocycles. The molecule has 0 radical (unpaired) electrons. The van der Waals surface area contributed by atoms with Crippen LogP contribution in [-0.4, -0.2) is 5.88 Å². The van der Waals surface area contributed by atoms with Crippen molar-refractivity contribution in [1.29, 1.82) is 0 Å². The molecule has 68 valence electrons. The van der Waals surface area contributed by atoms with Gasteiger partial charge >= 0.3 is 0 Å². The van der Waals surface area contributed by atoms with Gasteiger partial charge in [-0.1, -0.05) is 33.4 Å². The Kier molecular flexibility index (Phi) is 5.64. The molecular weight excluding hydrogens is 166 g/mol. The molecule has 0 atom stereocenters. The number of thioether (sulfide) groups is 1. The molecule has 12 heavy (non-hydrogen) atoms. The average molecular weight is 183 g/mol. The summed E-state index contributed by atoms with van der Waals surface area (Å²) in [6.45, 7) is 4.00. The summed E-state index contributed by atoms with van der Waals surface area (Å²) >= 11 is 1.86. The second kappa shape index (κ2) is 5.95. The molecule has 0 aliphatic carbocycles. The van der Waals surface area contributed by atoms with E-state index in [0.29, 0.717) is 0 Å². The Labute approximate surface area is 79.6 Å². The van der Waals surface area contributed by atoms with Crippen molar-refractivity contribution in [3.05, 3.63) is 24.3 Å². The van der Waals surface area contributed by atoms with Gasteiger partial charge in [-0.05, 0) is 12.1 Å². The third-order valence-electron chi connectivity index (χ3n) is 1.38. The second-order valence-corrected chi connectivity index (χ2v) is 2.98. The van der Waals surface area contributed by atoms with Gasteiger partial charge < -0.3 is 5.32 Å². The number of fused-ring (bicyclic) bond motifs is 1. The van der Waals surface area contributed by atoms with E-state index >= 15 is 0 Å². The number of nitrogens with one attached hydrogen (secondary N) is 1. The largest absolute Gasteiger partial charge is 0.375 e. The lowest BCUT2D eigenvalue weighted by atomic mass is 10.3. The third-order valence-corrected chi connectivity index (χ3v) is 2.33. The van der Waals surface area contributed by atoms with Gasteiger partial charge in [0, 0.05) is 10.6 Å². The fraction of sp³-hybridized carbons (Fsp3) is 0.400. The molecule has 1 heterocycles. The van der Waals surface area contributed by atoms with Crippen LogP contribution in [0.4, 0.5) is 5.69 Å². The second-order valence-electron chi connectivity index (χ2n) is 1.96. The summed E-state index contributed by atoms with van der Waals surface area (Å²) < 4.78 is 0. The van der Waals surface area contributed by atoms with Gasteiger partial charge in [0.05, 0.1) is 5.88 Å². The number of para-hydroxylation sites is 1. The Bertz CT molecular complexity index is 200. The van der Waals surface area contributed by atoms with Crippen molar-refractivity contribution < 1.29 is 0 Å². The number of anilines is 1. The zero-order valence-electron chi connectivity index (χ0n) is 6.92. The van der Waals surface area contributed by atoms with Crippen molar-refractivity contribution in [2.24, 2.45) is 0 Å². The lowest BCUT2D eigenvalue weighted by Gasteiger charge is -1.92. The average Bonchev–Trinajstić information content (AvgIpc) is 2.55. The predicted molar refractivity (Wildman–Crippen MR) is 58.9 cm³/mol. The van der Waals surface area contributed by atoms with E-state index in [1.54, 1.807) is 0 Å². The molecule has 0 fully saturated rings. The summed E-state index contributed by atoms with van der Waals surface area (Å²) in [5.74, 6) is 1.03. The Morgan fingerprint density at radius 3 is 2.58 bits per heavy atom. The van der Waals surface area contributed by atoms with Crippen molar-refractivity contribution in [3.63, 3.8) is 0 Å². The van der Waals surface area contributed by atoms with Gasteiger partial charge in [-0.15, -0.1) is 11.8 Å². The van der Waals surface area contributed by atoms with E-state index in [1.165, 1.54) is 10.6 Å². The molecular formula is C10H17NS. The lowest BCUT2D eigenvalue weighted by molar-refractivity contribution is 1.43. The minimum absolute atomic E-state index is 0. The zero-order valence-corrected chi connectivity index (χ0v) is 7.74. The Hall–Kier alpha value is -0.630. The normalized spacial score (nSPS) is 11.5. The zero-order chi connectivity index (χ0) is 8.10. The topological polar surface area (TPSA) is 12.0 Å². The molecule has 2 rings (SSSR count). The van der Waals surface area contributed by atoms with Gasteiger partial charge in [0.2, 0.25) is 0 Å². The first kappa shape index (κ1) is 11.4. The highest BCUT2D eigenvalue weighted by Gasteiger charge is 2.06. The van der Waals surface area contributed by atoms with E-state index in [4.69, 9.17) is 0 Å². The minimum atomic E-state index is 0. The molecule has 1 N–H and O–H groups in total. The van der Waals surface area contributed by atoms with Crippen LogP contribution in [0.5, 0.6) is 0 Å². The smallest absolute Gasteiger partial charge is 0.0658 e. The maximum Gasteiger partial charge on any atom is 0.0658 e. The van der Waals surface area contributed by atoms with E-state index in [2.05, 4.69) is 29.6 Å². The molecule has 0 aromatic heterocycles. The Morgan fingerprint density at radius 2 is 1.92 bits per heavy atom. The standard InChI is InChI=1S/C7H7NS.C2H6.CH4/c1-2-4-7-6(3-1)8-5-9-7;1-2;/h1-4,8H,5H2;1-2H3;1H4. The molecule has 0 saturated heterocycles. The quantitative estimate of drug-likeness (QED) is 0.656. The molecule has 1 aliphatic heterocycles. The van der Waals surface area contributed by atoms with E-state index in [1.807, 2.05) is 25.6 Å². The van der Waals surface area contributed by atoms with Crippen LogP contribution in [0.3, 0.4) is 0 Å². The summed E-state index contributed by atoms with van der Waals surface area (Å²) in [6, 6.07) is 8.37. The van der Waals surface area contributed by atoms with Crippen molar-refractivity contribution in [1.82, 2.24) is 0 Å². The van der Waals surface area contributed by atoms with Gasteiger partial charge in [0.1, 0.15) is 0 Å². The highest BCUT2D eigenvalue weighted by atomic mass is 32.2. The molecule has 1 nitrogen and oxygen atoms in total. The van der Waals surface area contributed by atoms with Crippen molar-refractivity contribution in [2.45, 2.75) is 26.2 Å². The molecule has 1 aromatic rings. The number of rotatable bonds is 0. The summed E-state index contributed by atoms with van der Waals surface area (Å²) in [5, 5.41) is 3.26. The molecule has 0 amide bonds. The maximum absolute atomic E-state index is 3.26. The molecule has 0 spiro atoms. The summed E-state index contributed by atoms with van der Waals surface area (Å²) in [4.78, 5) is 1.37. The highest BCUT2D eigenvalue weighted by Crippen LogP contribution is 2.32. The predicted octanol–water partition coefficient (Wildman–Crippen LogP) is 3.82. The van der Waals surface area contributed by atoms with Crippen LogP contribution in [0.1, 0.15) is 21.3 Å². The fourth-order valence-electron chi connectivity index (χ4n) is 0.930.